The third-order valence-corrected chi connectivity index (χ3v) is 3.19. The predicted molar refractivity (Wildman–Crippen MR) is 56.3 cm³/mol. The molecule has 16 heavy (non-hydrogen) atoms. The lowest BCUT2D eigenvalue weighted by molar-refractivity contribution is -0.139. The summed E-state index contributed by atoms with van der Waals surface area (Å²) in [5, 5.41) is 12.8. The summed E-state index contributed by atoms with van der Waals surface area (Å²) in [6.45, 7) is 3.80. The molecule has 1 aliphatic rings. The van der Waals surface area contributed by atoms with Gasteiger partial charge >= 0.3 is 5.97 Å². The van der Waals surface area contributed by atoms with E-state index in [1.54, 1.807) is 19.0 Å². The molecule has 1 aromatic heterocycles. The van der Waals surface area contributed by atoms with Gasteiger partial charge in [0.15, 0.2) is 0 Å². The summed E-state index contributed by atoms with van der Waals surface area (Å²) < 4.78 is 5.10. The van der Waals surface area contributed by atoms with Crippen LogP contribution in [0.5, 0.6) is 0 Å². The van der Waals surface area contributed by atoms with Crippen LogP contribution in [0.1, 0.15) is 25.7 Å². The molecule has 1 fully saturated rings. The minimum atomic E-state index is -0.806. The Labute approximate surface area is 93.2 Å². The molecule has 0 radical (unpaired) electrons. The third-order valence-electron chi connectivity index (χ3n) is 3.19. The molecule has 6 heteroatoms. The number of aliphatic carboxylic acids is 1. The van der Waals surface area contributed by atoms with E-state index in [0.29, 0.717) is 11.8 Å². The fourth-order valence-electron chi connectivity index (χ4n) is 2.09. The van der Waals surface area contributed by atoms with Gasteiger partial charge in [-0.3, -0.25) is 4.79 Å². The van der Waals surface area contributed by atoms with E-state index >= 15 is 0 Å². The highest BCUT2D eigenvalue weighted by molar-refractivity contribution is 5.77. The van der Waals surface area contributed by atoms with E-state index in [9.17, 15) is 4.79 Å². The number of aromatic nitrogens is 2. The fraction of sp³-hybridized carbons (Fsp3) is 0.700. The first kappa shape index (κ1) is 10.9. The van der Waals surface area contributed by atoms with Crippen molar-refractivity contribution in [2.24, 2.45) is 11.3 Å². The van der Waals surface area contributed by atoms with Gasteiger partial charge in [-0.25, -0.2) is 0 Å². The van der Waals surface area contributed by atoms with Gasteiger partial charge in [-0.05, 0) is 10.6 Å². The van der Waals surface area contributed by atoms with Crippen LogP contribution in [0.15, 0.2) is 4.52 Å². The monoisotopic (exact) mass is 225 g/mol. The van der Waals surface area contributed by atoms with Crippen molar-refractivity contribution in [1.29, 1.82) is 0 Å². The molecule has 1 aromatic rings. The molecule has 0 saturated heterocycles. The molecule has 0 bridgehead atoms. The standard InChI is InChI=1S/C10H15N3O3/c1-10(2)5(6(10)8(14)15)7-11-9(12-16-7)13(3)4/h5-6H,1-4H3,(H,14,15). The van der Waals surface area contributed by atoms with Crippen LogP contribution in [0.25, 0.3) is 0 Å². The molecule has 1 aliphatic carbocycles. The number of hydrogen-bond donors (Lipinski definition) is 1. The van der Waals surface area contributed by atoms with Crippen LogP contribution < -0.4 is 4.90 Å². The van der Waals surface area contributed by atoms with Gasteiger partial charge in [-0.15, -0.1) is 0 Å². The number of nitrogens with zero attached hydrogens (tertiary/aromatic N) is 3. The Bertz CT molecular complexity index is 425. The molecule has 2 atom stereocenters. The molecular weight excluding hydrogens is 210 g/mol. The summed E-state index contributed by atoms with van der Waals surface area (Å²) in [5.41, 5.74) is -0.304. The highest BCUT2D eigenvalue weighted by atomic mass is 16.5. The minimum absolute atomic E-state index is 0.175. The number of carbonyl (C=O) groups is 1. The van der Waals surface area contributed by atoms with Gasteiger partial charge in [0.25, 0.3) is 5.95 Å². The molecule has 0 spiro atoms. The largest absolute Gasteiger partial charge is 0.481 e. The number of hydrogen-bond acceptors (Lipinski definition) is 5. The molecule has 2 rings (SSSR count). The summed E-state index contributed by atoms with van der Waals surface area (Å²) in [6, 6.07) is 0. The second kappa shape index (κ2) is 3.20. The van der Waals surface area contributed by atoms with Gasteiger partial charge in [0.05, 0.1) is 11.8 Å². The van der Waals surface area contributed by atoms with Gasteiger partial charge in [0.1, 0.15) is 0 Å². The molecule has 88 valence electrons. The number of rotatable bonds is 3. The Morgan fingerprint density at radius 1 is 1.50 bits per heavy atom. The van der Waals surface area contributed by atoms with Crippen LogP contribution in [-0.2, 0) is 4.79 Å². The van der Waals surface area contributed by atoms with Crippen molar-refractivity contribution in [3.63, 3.8) is 0 Å². The van der Waals surface area contributed by atoms with E-state index in [1.807, 2.05) is 13.8 Å². The average Bonchev–Trinajstić information content (AvgIpc) is 2.60. The molecule has 0 amide bonds. The lowest BCUT2D eigenvalue weighted by atomic mass is 10.1. The smallest absolute Gasteiger partial charge is 0.307 e. The fourth-order valence-corrected chi connectivity index (χ4v) is 2.09. The van der Waals surface area contributed by atoms with E-state index in [1.165, 1.54) is 0 Å². The molecular formula is C10H15N3O3. The Balaban J connectivity index is 2.23. The average molecular weight is 225 g/mol. The summed E-state index contributed by atoms with van der Waals surface area (Å²) >= 11 is 0. The van der Waals surface area contributed by atoms with Crippen molar-refractivity contribution in [2.45, 2.75) is 19.8 Å². The maximum atomic E-state index is 11.0. The van der Waals surface area contributed by atoms with Crippen molar-refractivity contribution in [3.05, 3.63) is 5.89 Å². The molecule has 1 saturated carbocycles. The van der Waals surface area contributed by atoms with E-state index in [2.05, 4.69) is 10.1 Å². The van der Waals surface area contributed by atoms with Gasteiger partial charge in [-0.1, -0.05) is 13.8 Å². The number of carboxylic acids is 1. The van der Waals surface area contributed by atoms with Crippen molar-refractivity contribution in [2.75, 3.05) is 19.0 Å². The molecule has 0 aliphatic heterocycles. The second-order valence-corrected chi connectivity index (χ2v) is 4.94. The number of anilines is 1. The quantitative estimate of drug-likeness (QED) is 0.825. The van der Waals surface area contributed by atoms with Gasteiger partial charge < -0.3 is 14.5 Å². The third kappa shape index (κ3) is 1.45. The van der Waals surface area contributed by atoms with Crippen LogP contribution in [0, 0.1) is 11.3 Å². The van der Waals surface area contributed by atoms with Crippen LogP contribution in [0.4, 0.5) is 5.95 Å². The van der Waals surface area contributed by atoms with Crippen LogP contribution in [-0.4, -0.2) is 35.3 Å². The Morgan fingerprint density at radius 3 is 2.50 bits per heavy atom. The summed E-state index contributed by atoms with van der Waals surface area (Å²) in [5.74, 6) is -0.517. The Morgan fingerprint density at radius 2 is 2.12 bits per heavy atom. The van der Waals surface area contributed by atoms with Gasteiger partial charge in [-0.2, -0.15) is 4.98 Å². The maximum Gasteiger partial charge on any atom is 0.307 e. The van der Waals surface area contributed by atoms with Gasteiger partial charge in [0.2, 0.25) is 5.89 Å². The van der Waals surface area contributed by atoms with Crippen molar-refractivity contribution < 1.29 is 14.4 Å². The SMILES string of the molecule is CN(C)c1noc(C2C(C(=O)O)C2(C)C)n1. The van der Waals surface area contributed by atoms with Crippen molar-refractivity contribution in [3.8, 4) is 0 Å². The summed E-state index contributed by atoms with van der Waals surface area (Å²) in [7, 11) is 3.61. The highest BCUT2D eigenvalue weighted by Gasteiger charge is 2.65. The molecule has 1 N–H and O–H groups in total. The molecule has 6 nitrogen and oxygen atoms in total. The van der Waals surface area contributed by atoms with Crippen LogP contribution >= 0.6 is 0 Å². The summed E-state index contributed by atoms with van der Waals surface area (Å²) in [6.07, 6.45) is 0. The van der Waals surface area contributed by atoms with E-state index in [-0.39, 0.29) is 11.3 Å². The second-order valence-electron chi connectivity index (χ2n) is 4.94. The van der Waals surface area contributed by atoms with E-state index in [4.69, 9.17) is 9.63 Å². The topological polar surface area (TPSA) is 79.5 Å². The first-order chi connectivity index (χ1) is 7.35. The maximum absolute atomic E-state index is 11.0. The lowest BCUT2D eigenvalue weighted by Gasteiger charge is -2.02. The summed E-state index contributed by atoms with van der Waals surface area (Å²) in [4.78, 5) is 16.9. The van der Waals surface area contributed by atoms with Crippen molar-refractivity contribution >= 4 is 11.9 Å². The predicted octanol–water partition coefficient (Wildman–Crippen LogP) is 0.960. The van der Waals surface area contributed by atoms with Crippen LogP contribution in [0.2, 0.25) is 0 Å². The Hall–Kier alpha value is -1.59. The first-order valence-corrected chi connectivity index (χ1v) is 5.09. The normalized spacial score (nSPS) is 26.5. The molecule has 2 unspecified atom stereocenters. The lowest BCUT2D eigenvalue weighted by Crippen LogP contribution is -2.10. The van der Waals surface area contributed by atoms with E-state index < -0.39 is 11.9 Å². The Kier molecular flexibility index (Phi) is 2.18. The zero-order valence-electron chi connectivity index (χ0n) is 9.76. The van der Waals surface area contributed by atoms with E-state index in [0.717, 1.165) is 0 Å². The highest BCUT2D eigenvalue weighted by Crippen LogP contribution is 2.64. The van der Waals surface area contributed by atoms with Crippen LogP contribution in [0.3, 0.4) is 0 Å². The van der Waals surface area contributed by atoms with Gasteiger partial charge in [0, 0.05) is 14.1 Å². The van der Waals surface area contributed by atoms with Crippen molar-refractivity contribution in [1.82, 2.24) is 10.1 Å². The molecule has 0 aromatic carbocycles. The number of carboxylic acid groups (broad SMARTS) is 1. The zero-order chi connectivity index (χ0) is 12.1. The molecule has 1 heterocycles. The minimum Gasteiger partial charge on any atom is -0.481 e. The first-order valence-electron chi connectivity index (χ1n) is 5.09. The zero-order valence-corrected chi connectivity index (χ0v) is 9.76.